The summed E-state index contributed by atoms with van der Waals surface area (Å²) in [4.78, 5) is 31.6. The second kappa shape index (κ2) is 8.57. The molecule has 158 valence electrons. The summed E-state index contributed by atoms with van der Waals surface area (Å²) in [5.41, 5.74) is 5.31. The number of hydrogen-bond donors (Lipinski definition) is 2. The number of thiazole rings is 1. The van der Waals surface area contributed by atoms with Crippen molar-refractivity contribution in [1.29, 1.82) is 0 Å². The van der Waals surface area contributed by atoms with Gasteiger partial charge in [-0.3, -0.25) is 14.8 Å². The number of hydrogen-bond acceptors (Lipinski definition) is 6. The number of anilines is 1. The number of benzene rings is 1. The van der Waals surface area contributed by atoms with Crippen molar-refractivity contribution in [1.82, 2.24) is 19.7 Å². The van der Waals surface area contributed by atoms with Gasteiger partial charge in [0.15, 0.2) is 5.13 Å². The van der Waals surface area contributed by atoms with E-state index >= 15 is 0 Å². The van der Waals surface area contributed by atoms with Crippen LogP contribution in [0.3, 0.4) is 0 Å². The fourth-order valence-electron chi connectivity index (χ4n) is 3.22. The number of carbonyl (C=O) groups excluding carboxylic acids is 2. The topological polar surface area (TPSA) is 102 Å². The number of aryl methyl sites for hydroxylation is 2. The number of nitrogens with zero attached hydrogens (tertiary/aromatic N) is 3. The van der Waals surface area contributed by atoms with Crippen LogP contribution >= 0.6 is 11.3 Å². The molecule has 4 aromatic rings. The molecule has 3 aromatic heterocycles. The van der Waals surface area contributed by atoms with Crippen molar-refractivity contribution in [3.05, 3.63) is 76.2 Å². The van der Waals surface area contributed by atoms with Crippen molar-refractivity contribution in [2.45, 2.75) is 20.4 Å². The highest BCUT2D eigenvalue weighted by atomic mass is 32.1. The smallest absolute Gasteiger partial charge is 0.354 e. The molecule has 1 amide bonds. The summed E-state index contributed by atoms with van der Waals surface area (Å²) >= 11 is 1.32. The molecule has 0 fully saturated rings. The molecule has 9 heteroatoms. The van der Waals surface area contributed by atoms with Crippen LogP contribution in [0.4, 0.5) is 5.13 Å². The maximum absolute atomic E-state index is 12.7. The molecule has 0 bridgehead atoms. The van der Waals surface area contributed by atoms with Crippen molar-refractivity contribution in [3.63, 3.8) is 0 Å². The van der Waals surface area contributed by atoms with Gasteiger partial charge in [-0.1, -0.05) is 12.1 Å². The van der Waals surface area contributed by atoms with E-state index in [2.05, 4.69) is 20.4 Å². The minimum atomic E-state index is -0.449. The first kappa shape index (κ1) is 20.5. The van der Waals surface area contributed by atoms with Crippen LogP contribution in [0.5, 0.6) is 0 Å². The summed E-state index contributed by atoms with van der Waals surface area (Å²) in [6, 6.07) is 11.1. The van der Waals surface area contributed by atoms with E-state index in [1.165, 1.54) is 18.4 Å². The third-order valence-electron chi connectivity index (χ3n) is 4.73. The number of ether oxygens (including phenoxy) is 1. The van der Waals surface area contributed by atoms with E-state index in [0.29, 0.717) is 28.6 Å². The Morgan fingerprint density at radius 1 is 1.23 bits per heavy atom. The second-order valence-corrected chi connectivity index (χ2v) is 7.93. The number of aromatic nitrogens is 4. The number of methoxy groups -OCH3 is 1. The molecule has 0 unspecified atom stereocenters. The lowest BCUT2D eigenvalue weighted by Crippen LogP contribution is -2.12. The van der Waals surface area contributed by atoms with Gasteiger partial charge in [-0.05, 0) is 43.7 Å². The molecule has 8 nitrogen and oxygen atoms in total. The third-order valence-corrected chi connectivity index (χ3v) is 5.49. The number of nitrogens with one attached hydrogen (secondary N) is 2. The highest BCUT2D eigenvalue weighted by molar-refractivity contribution is 7.14. The predicted octanol–water partition coefficient (Wildman–Crippen LogP) is 4.04. The van der Waals surface area contributed by atoms with E-state index in [-0.39, 0.29) is 5.91 Å². The van der Waals surface area contributed by atoms with Gasteiger partial charge in [-0.25, -0.2) is 9.78 Å². The fraction of sp³-hybridized carbons (Fsp3) is 0.182. The van der Waals surface area contributed by atoms with Gasteiger partial charge in [0.2, 0.25) is 0 Å². The van der Waals surface area contributed by atoms with Crippen molar-refractivity contribution in [3.8, 4) is 11.3 Å². The molecular weight excluding hydrogens is 414 g/mol. The van der Waals surface area contributed by atoms with E-state index in [4.69, 9.17) is 4.74 Å². The highest BCUT2D eigenvalue weighted by Crippen LogP contribution is 2.26. The van der Waals surface area contributed by atoms with Crippen LogP contribution in [0.1, 0.15) is 37.8 Å². The molecule has 0 saturated heterocycles. The summed E-state index contributed by atoms with van der Waals surface area (Å²) < 4.78 is 6.61. The van der Waals surface area contributed by atoms with Gasteiger partial charge in [0.1, 0.15) is 5.69 Å². The van der Waals surface area contributed by atoms with Gasteiger partial charge in [-0.2, -0.15) is 5.10 Å². The van der Waals surface area contributed by atoms with E-state index in [9.17, 15) is 9.59 Å². The molecule has 31 heavy (non-hydrogen) atoms. The second-order valence-electron chi connectivity index (χ2n) is 7.07. The first-order valence-corrected chi connectivity index (χ1v) is 10.4. The Kier molecular flexibility index (Phi) is 5.68. The Bertz CT molecular complexity index is 1250. The van der Waals surface area contributed by atoms with Crippen LogP contribution in [0.2, 0.25) is 0 Å². The normalized spacial score (nSPS) is 10.8. The summed E-state index contributed by atoms with van der Waals surface area (Å²) in [5.74, 6) is -0.684. The van der Waals surface area contributed by atoms with Gasteiger partial charge in [-0.15, -0.1) is 11.3 Å². The van der Waals surface area contributed by atoms with Gasteiger partial charge in [0, 0.05) is 28.4 Å². The van der Waals surface area contributed by atoms with Crippen LogP contribution in [0.15, 0.2) is 48.0 Å². The molecule has 0 atom stereocenters. The average Bonchev–Trinajstić information content (AvgIpc) is 3.48. The van der Waals surface area contributed by atoms with E-state index in [1.54, 1.807) is 18.3 Å². The first-order chi connectivity index (χ1) is 14.9. The van der Waals surface area contributed by atoms with E-state index < -0.39 is 5.97 Å². The number of carbonyl (C=O) groups is 2. The van der Waals surface area contributed by atoms with Gasteiger partial charge >= 0.3 is 5.97 Å². The Labute approximate surface area is 182 Å². The Balaban J connectivity index is 1.46. The van der Waals surface area contributed by atoms with Gasteiger partial charge in [0.05, 0.1) is 25.0 Å². The number of H-pyrrole nitrogens is 1. The lowest BCUT2D eigenvalue weighted by Gasteiger charge is -2.07. The minimum Gasteiger partial charge on any atom is -0.464 e. The Hall–Kier alpha value is -3.72. The Morgan fingerprint density at radius 2 is 2.06 bits per heavy atom. The molecule has 0 aliphatic heterocycles. The number of esters is 1. The molecule has 0 spiro atoms. The standard InChI is InChI=1S/C22H21N5O3S/c1-13-7-14(2)27(26-13)11-15-5-4-6-16(8-15)20(28)25-22-24-19(12-31-22)17-9-18(23-10-17)21(29)30-3/h4-10,12,23H,11H2,1-3H3,(H,24,25,28). The van der Waals surface area contributed by atoms with Crippen molar-refractivity contribution < 1.29 is 14.3 Å². The van der Waals surface area contributed by atoms with Crippen LogP contribution in [-0.4, -0.2) is 38.7 Å². The summed E-state index contributed by atoms with van der Waals surface area (Å²) in [7, 11) is 1.32. The van der Waals surface area contributed by atoms with Gasteiger partial charge in [0.25, 0.3) is 5.91 Å². The number of amides is 1. The third kappa shape index (κ3) is 4.56. The maximum atomic E-state index is 12.7. The maximum Gasteiger partial charge on any atom is 0.354 e. The molecule has 2 N–H and O–H groups in total. The zero-order chi connectivity index (χ0) is 22.0. The first-order valence-electron chi connectivity index (χ1n) is 9.57. The fourth-order valence-corrected chi connectivity index (χ4v) is 3.94. The monoisotopic (exact) mass is 435 g/mol. The van der Waals surface area contributed by atoms with Crippen LogP contribution in [0, 0.1) is 13.8 Å². The van der Waals surface area contributed by atoms with Crippen LogP contribution in [0.25, 0.3) is 11.3 Å². The molecule has 0 aliphatic carbocycles. The van der Waals surface area contributed by atoms with Crippen molar-refractivity contribution >= 4 is 28.3 Å². The number of rotatable bonds is 6. The Morgan fingerprint density at radius 3 is 2.81 bits per heavy atom. The highest BCUT2D eigenvalue weighted by Gasteiger charge is 2.14. The number of aromatic amines is 1. The van der Waals surface area contributed by atoms with Gasteiger partial charge < -0.3 is 9.72 Å². The molecule has 1 aromatic carbocycles. The van der Waals surface area contributed by atoms with Crippen molar-refractivity contribution in [2.24, 2.45) is 0 Å². The lowest BCUT2D eigenvalue weighted by atomic mass is 10.1. The molecule has 4 rings (SSSR count). The molecule has 0 aliphatic rings. The average molecular weight is 436 g/mol. The van der Waals surface area contributed by atoms with E-state index in [0.717, 1.165) is 22.5 Å². The van der Waals surface area contributed by atoms with E-state index in [1.807, 2.05) is 48.2 Å². The van der Waals surface area contributed by atoms with Crippen LogP contribution in [-0.2, 0) is 11.3 Å². The quantitative estimate of drug-likeness (QED) is 0.445. The summed E-state index contributed by atoms with van der Waals surface area (Å²) in [5, 5.41) is 9.61. The predicted molar refractivity (Wildman–Crippen MR) is 118 cm³/mol. The molecule has 3 heterocycles. The summed E-state index contributed by atoms with van der Waals surface area (Å²) in [6.07, 6.45) is 1.68. The SMILES string of the molecule is COC(=O)c1cc(-c2csc(NC(=O)c3cccc(Cn4nc(C)cc4C)c3)n2)c[nH]1. The lowest BCUT2D eigenvalue weighted by molar-refractivity contribution is 0.0594. The summed E-state index contributed by atoms with van der Waals surface area (Å²) in [6.45, 7) is 4.56. The molecule has 0 saturated carbocycles. The molecule has 0 radical (unpaired) electrons. The minimum absolute atomic E-state index is 0.236. The largest absolute Gasteiger partial charge is 0.464 e. The molecular formula is C22H21N5O3S. The van der Waals surface area contributed by atoms with Crippen molar-refractivity contribution in [2.75, 3.05) is 12.4 Å². The zero-order valence-electron chi connectivity index (χ0n) is 17.3. The van der Waals surface area contributed by atoms with Crippen LogP contribution < -0.4 is 5.32 Å². The zero-order valence-corrected chi connectivity index (χ0v) is 18.1.